The summed E-state index contributed by atoms with van der Waals surface area (Å²) in [5.41, 5.74) is 0.0859. The van der Waals surface area contributed by atoms with Crippen LogP contribution in [0, 0.1) is 17.8 Å². The van der Waals surface area contributed by atoms with Crippen molar-refractivity contribution in [3.8, 4) is 11.8 Å². The summed E-state index contributed by atoms with van der Waals surface area (Å²) in [4.78, 5) is 6.14. The number of pyridine rings is 1. The third-order valence-corrected chi connectivity index (χ3v) is 4.98. The molecule has 0 aromatic carbocycles. The normalized spacial score (nSPS) is 15.4. The molecule has 0 aliphatic carbocycles. The molecule has 1 aliphatic heterocycles. The van der Waals surface area contributed by atoms with Crippen LogP contribution in [0.2, 0.25) is 5.15 Å². The number of aliphatic hydroxyl groups excluding tert-OH is 1. The lowest BCUT2D eigenvalue weighted by Crippen LogP contribution is -2.34. The number of aliphatic hydroxyl groups is 1. The van der Waals surface area contributed by atoms with Crippen LogP contribution in [-0.4, -0.2) is 39.6 Å². The van der Waals surface area contributed by atoms with Gasteiger partial charge >= 0.3 is 6.18 Å². The molecule has 3 heterocycles. The lowest BCUT2D eigenvalue weighted by molar-refractivity contribution is -0.141. The Kier molecular flexibility index (Phi) is 6.16. The molecule has 2 aromatic heterocycles. The van der Waals surface area contributed by atoms with E-state index in [0.717, 1.165) is 42.7 Å². The van der Waals surface area contributed by atoms with Crippen molar-refractivity contribution in [1.82, 2.24) is 14.8 Å². The lowest BCUT2D eigenvalue weighted by Gasteiger charge is -2.34. The highest BCUT2D eigenvalue weighted by Crippen LogP contribution is 2.31. The number of piperidine rings is 1. The van der Waals surface area contributed by atoms with Gasteiger partial charge in [0.2, 0.25) is 0 Å². The smallest absolute Gasteiger partial charge is 0.396 e. The molecule has 1 fully saturated rings. The molecule has 0 radical (unpaired) electrons. The summed E-state index contributed by atoms with van der Waals surface area (Å²) in [6, 6.07) is 1.69. The number of hydrogen-bond acceptors (Lipinski definition) is 4. The molecule has 1 aliphatic rings. The van der Waals surface area contributed by atoms with Gasteiger partial charge in [-0.2, -0.15) is 18.3 Å². The zero-order valence-electron chi connectivity index (χ0n) is 15.3. The average molecular weight is 413 g/mol. The third kappa shape index (κ3) is 4.78. The maximum absolute atomic E-state index is 13.1. The first-order chi connectivity index (χ1) is 13.3. The number of hydrogen-bond donors (Lipinski definition) is 1. The Labute approximate surface area is 166 Å². The van der Waals surface area contributed by atoms with Crippen LogP contribution in [0.1, 0.15) is 36.1 Å². The van der Waals surface area contributed by atoms with Gasteiger partial charge in [0.1, 0.15) is 5.15 Å². The summed E-state index contributed by atoms with van der Waals surface area (Å²) in [6.45, 7) is 1.70. The second-order valence-electron chi connectivity index (χ2n) is 6.78. The van der Waals surface area contributed by atoms with Gasteiger partial charge in [-0.05, 0) is 25.2 Å². The summed E-state index contributed by atoms with van der Waals surface area (Å²) in [6.07, 6.45) is 0.787. The summed E-state index contributed by atoms with van der Waals surface area (Å²) >= 11 is 6.04. The van der Waals surface area contributed by atoms with E-state index >= 15 is 0 Å². The quantitative estimate of drug-likeness (QED) is 0.619. The second-order valence-corrected chi connectivity index (χ2v) is 7.17. The van der Waals surface area contributed by atoms with Crippen LogP contribution in [0.3, 0.4) is 0 Å². The van der Waals surface area contributed by atoms with E-state index in [1.165, 1.54) is 19.4 Å². The summed E-state index contributed by atoms with van der Waals surface area (Å²) < 4.78 is 40.4. The van der Waals surface area contributed by atoms with E-state index in [9.17, 15) is 13.2 Å². The SMILES string of the molecule is Cn1cc(C#Cc2cnc(Cl)cc2N2CCC(CCO)CC2)c(C(F)(F)F)n1. The number of nitrogens with zero attached hydrogens (tertiary/aromatic N) is 4. The Morgan fingerprint density at radius 2 is 1.93 bits per heavy atom. The van der Waals surface area contributed by atoms with E-state index in [-0.39, 0.29) is 12.2 Å². The van der Waals surface area contributed by atoms with Crippen molar-refractivity contribution in [3.63, 3.8) is 0 Å². The predicted octanol–water partition coefficient (Wildman–Crippen LogP) is 3.49. The van der Waals surface area contributed by atoms with Crippen molar-refractivity contribution in [1.29, 1.82) is 0 Å². The van der Waals surface area contributed by atoms with E-state index in [1.807, 2.05) is 0 Å². The summed E-state index contributed by atoms with van der Waals surface area (Å²) in [5.74, 6) is 5.87. The molecule has 5 nitrogen and oxygen atoms in total. The molecule has 1 N–H and O–H groups in total. The molecule has 2 aromatic rings. The molecular weight excluding hydrogens is 393 g/mol. The molecule has 1 saturated heterocycles. The maximum atomic E-state index is 13.1. The van der Waals surface area contributed by atoms with Gasteiger partial charge < -0.3 is 10.0 Å². The fourth-order valence-electron chi connectivity index (χ4n) is 3.35. The molecule has 3 rings (SSSR count). The van der Waals surface area contributed by atoms with Crippen LogP contribution >= 0.6 is 11.6 Å². The second kappa shape index (κ2) is 8.41. The molecule has 0 spiro atoms. The van der Waals surface area contributed by atoms with Gasteiger partial charge in [0.05, 0.1) is 16.8 Å². The maximum Gasteiger partial charge on any atom is 0.436 e. The Morgan fingerprint density at radius 1 is 1.25 bits per heavy atom. The van der Waals surface area contributed by atoms with Crippen LogP contribution in [-0.2, 0) is 13.2 Å². The van der Waals surface area contributed by atoms with Crippen LogP contribution in [0.4, 0.5) is 18.9 Å². The number of alkyl halides is 3. The first-order valence-electron chi connectivity index (χ1n) is 8.92. The molecule has 0 unspecified atom stereocenters. The van der Waals surface area contributed by atoms with Crippen molar-refractivity contribution < 1.29 is 18.3 Å². The van der Waals surface area contributed by atoms with Gasteiger partial charge in [-0.1, -0.05) is 23.4 Å². The number of anilines is 1. The van der Waals surface area contributed by atoms with Crippen LogP contribution in [0.5, 0.6) is 0 Å². The molecule has 28 heavy (non-hydrogen) atoms. The molecule has 0 atom stereocenters. The molecule has 0 bridgehead atoms. The van der Waals surface area contributed by atoms with Crippen LogP contribution in [0.25, 0.3) is 0 Å². The van der Waals surface area contributed by atoms with Crippen molar-refractivity contribution >= 4 is 17.3 Å². The van der Waals surface area contributed by atoms with E-state index in [1.54, 1.807) is 6.07 Å². The summed E-state index contributed by atoms with van der Waals surface area (Å²) in [5, 5.41) is 12.9. The Hall–Kier alpha value is -2.24. The van der Waals surface area contributed by atoms with Gasteiger partial charge in [0.25, 0.3) is 0 Å². The number of rotatable bonds is 3. The van der Waals surface area contributed by atoms with Gasteiger partial charge in [-0.3, -0.25) is 4.68 Å². The van der Waals surface area contributed by atoms with Crippen molar-refractivity contribution in [3.05, 3.63) is 40.4 Å². The van der Waals surface area contributed by atoms with Crippen LogP contribution in [0.15, 0.2) is 18.5 Å². The van der Waals surface area contributed by atoms with Gasteiger partial charge in [-0.15, -0.1) is 0 Å². The van der Waals surface area contributed by atoms with Crippen molar-refractivity contribution in [2.45, 2.75) is 25.4 Å². The Morgan fingerprint density at radius 3 is 2.57 bits per heavy atom. The average Bonchev–Trinajstić information content (AvgIpc) is 3.03. The van der Waals surface area contributed by atoms with Crippen molar-refractivity contribution in [2.24, 2.45) is 13.0 Å². The lowest BCUT2D eigenvalue weighted by atomic mass is 9.93. The minimum Gasteiger partial charge on any atom is -0.396 e. The van der Waals surface area contributed by atoms with E-state index in [0.29, 0.717) is 16.6 Å². The molecule has 0 amide bonds. The number of aryl methyl sites for hydroxylation is 1. The third-order valence-electron chi connectivity index (χ3n) is 4.77. The van der Waals surface area contributed by atoms with E-state index in [2.05, 4.69) is 26.8 Å². The first-order valence-corrected chi connectivity index (χ1v) is 9.30. The molecular formula is C19H20ClF3N4O. The standard InChI is InChI=1S/C19H20ClF3N4O/c1-26-12-15(18(25-26)19(21,22)23)3-2-14-11-24-17(20)10-16(14)27-7-4-13(5-8-27)6-9-28/h10-13,28H,4-9H2,1H3. The molecule has 9 heteroatoms. The van der Waals surface area contributed by atoms with Crippen LogP contribution < -0.4 is 4.90 Å². The largest absolute Gasteiger partial charge is 0.436 e. The minimum absolute atomic E-state index is 0.176. The number of aromatic nitrogens is 3. The number of halogens is 4. The highest BCUT2D eigenvalue weighted by atomic mass is 35.5. The first kappa shape index (κ1) is 20.5. The fourth-order valence-corrected chi connectivity index (χ4v) is 3.50. The molecule has 0 saturated carbocycles. The van der Waals surface area contributed by atoms with Crippen molar-refractivity contribution in [2.75, 3.05) is 24.6 Å². The van der Waals surface area contributed by atoms with E-state index < -0.39 is 11.9 Å². The van der Waals surface area contributed by atoms with Gasteiger partial charge in [0, 0.05) is 45.2 Å². The van der Waals surface area contributed by atoms with E-state index in [4.69, 9.17) is 16.7 Å². The zero-order chi connectivity index (χ0) is 20.3. The summed E-state index contributed by atoms with van der Waals surface area (Å²) in [7, 11) is 1.42. The fraction of sp³-hybridized carbons (Fsp3) is 0.474. The zero-order valence-corrected chi connectivity index (χ0v) is 16.1. The van der Waals surface area contributed by atoms with Gasteiger partial charge in [0.15, 0.2) is 5.69 Å². The highest BCUT2D eigenvalue weighted by molar-refractivity contribution is 6.29. The molecule has 150 valence electrons. The minimum atomic E-state index is -4.57. The Bertz CT molecular complexity index is 893. The Balaban J connectivity index is 1.89. The van der Waals surface area contributed by atoms with Gasteiger partial charge in [-0.25, -0.2) is 4.98 Å². The highest BCUT2D eigenvalue weighted by Gasteiger charge is 2.36. The monoisotopic (exact) mass is 412 g/mol. The topological polar surface area (TPSA) is 54.2 Å². The predicted molar refractivity (Wildman–Crippen MR) is 100 cm³/mol.